The van der Waals surface area contributed by atoms with E-state index in [9.17, 15) is 10.2 Å². The predicted molar refractivity (Wildman–Crippen MR) is 123 cm³/mol. The summed E-state index contributed by atoms with van der Waals surface area (Å²) >= 11 is 0. The van der Waals surface area contributed by atoms with E-state index in [4.69, 9.17) is 9.47 Å². The van der Waals surface area contributed by atoms with E-state index in [1.54, 1.807) is 6.92 Å². The minimum atomic E-state index is -0.621. The molecule has 0 spiro atoms. The van der Waals surface area contributed by atoms with Crippen molar-refractivity contribution in [2.24, 2.45) is 23.7 Å². The topological polar surface area (TPSA) is 58.9 Å². The number of hydrogen-bond acceptors (Lipinski definition) is 4. The number of aliphatic hydroxyl groups is 2. The van der Waals surface area contributed by atoms with Gasteiger partial charge in [0, 0.05) is 0 Å². The van der Waals surface area contributed by atoms with E-state index >= 15 is 0 Å². The number of hydrogen-bond donors (Lipinski definition) is 2. The van der Waals surface area contributed by atoms with Crippen molar-refractivity contribution in [2.75, 3.05) is 19.8 Å². The predicted octanol–water partition coefficient (Wildman–Crippen LogP) is 6.18. The molecule has 0 saturated carbocycles. The van der Waals surface area contributed by atoms with Crippen molar-refractivity contribution in [3.05, 3.63) is 0 Å². The highest BCUT2D eigenvalue weighted by Gasteiger charge is 2.11. The highest BCUT2D eigenvalue weighted by atomic mass is 16.7. The number of rotatable bonds is 20. The van der Waals surface area contributed by atoms with Gasteiger partial charge >= 0.3 is 0 Å². The fourth-order valence-electron chi connectivity index (χ4n) is 3.74. The summed E-state index contributed by atoms with van der Waals surface area (Å²) < 4.78 is 10.9. The molecule has 0 aliphatic heterocycles. The lowest BCUT2D eigenvalue weighted by molar-refractivity contribution is -0.175. The first kappa shape index (κ1) is 28.8. The molecule has 0 aromatic rings. The summed E-state index contributed by atoms with van der Waals surface area (Å²) in [6.45, 7) is 14.0. The molecule has 0 radical (unpaired) electrons. The average Bonchev–Trinajstić information content (AvgIpc) is 2.64. The minimum Gasteiger partial charge on any atom is -0.391 e. The normalized spacial score (nSPS) is 17.3. The van der Waals surface area contributed by atoms with Crippen LogP contribution < -0.4 is 0 Å². The smallest absolute Gasteiger partial charge is 0.180 e. The van der Waals surface area contributed by atoms with Gasteiger partial charge in [0.1, 0.15) is 0 Å². The van der Waals surface area contributed by atoms with Crippen LogP contribution in [0.3, 0.4) is 0 Å². The second-order valence-corrected chi connectivity index (χ2v) is 9.96. The van der Waals surface area contributed by atoms with Crippen molar-refractivity contribution in [1.29, 1.82) is 0 Å². The Hall–Kier alpha value is -0.160. The van der Waals surface area contributed by atoms with E-state index in [0.717, 1.165) is 24.2 Å². The van der Waals surface area contributed by atoms with E-state index in [-0.39, 0.29) is 13.2 Å². The van der Waals surface area contributed by atoms with Gasteiger partial charge in [-0.05, 0) is 37.0 Å². The second kappa shape index (κ2) is 18.6. The monoisotopic (exact) mass is 416 g/mol. The summed E-state index contributed by atoms with van der Waals surface area (Å²) in [5, 5.41) is 18.5. The van der Waals surface area contributed by atoms with Crippen molar-refractivity contribution in [3.63, 3.8) is 0 Å². The SMILES string of the molecule is CC(C)CCCC(C)CCCC(C)CCCC(C)CCO[C@@H](CO)OC[C@H](C)O. The van der Waals surface area contributed by atoms with Crippen molar-refractivity contribution in [3.8, 4) is 0 Å². The van der Waals surface area contributed by atoms with E-state index < -0.39 is 12.4 Å². The summed E-state index contributed by atoms with van der Waals surface area (Å²) in [7, 11) is 0. The summed E-state index contributed by atoms with van der Waals surface area (Å²) in [6.07, 6.45) is 12.0. The van der Waals surface area contributed by atoms with Crippen LogP contribution in [0.2, 0.25) is 0 Å². The summed E-state index contributed by atoms with van der Waals surface area (Å²) in [5.41, 5.74) is 0. The Morgan fingerprint density at radius 3 is 1.48 bits per heavy atom. The molecule has 3 unspecified atom stereocenters. The van der Waals surface area contributed by atoms with E-state index in [1.807, 2.05) is 0 Å². The summed E-state index contributed by atoms with van der Waals surface area (Å²) in [4.78, 5) is 0. The average molecular weight is 417 g/mol. The minimum absolute atomic E-state index is 0.172. The third kappa shape index (κ3) is 19.5. The molecule has 0 rings (SSSR count). The molecule has 0 heterocycles. The first-order chi connectivity index (χ1) is 13.7. The number of ether oxygens (including phenoxy) is 2. The molecule has 0 aromatic carbocycles. The third-order valence-corrected chi connectivity index (χ3v) is 5.85. The Balaban J connectivity index is 3.66. The van der Waals surface area contributed by atoms with Crippen LogP contribution in [-0.2, 0) is 9.47 Å². The van der Waals surface area contributed by atoms with Crippen LogP contribution >= 0.6 is 0 Å². The molecule has 0 aliphatic carbocycles. The maximum atomic E-state index is 9.24. The first-order valence-corrected chi connectivity index (χ1v) is 12.3. The molecule has 0 bridgehead atoms. The molecular formula is C25H52O4. The van der Waals surface area contributed by atoms with Crippen LogP contribution in [0, 0.1) is 23.7 Å². The lowest BCUT2D eigenvalue weighted by Gasteiger charge is -2.19. The first-order valence-electron chi connectivity index (χ1n) is 12.3. The maximum Gasteiger partial charge on any atom is 0.180 e. The Morgan fingerprint density at radius 1 is 0.621 bits per heavy atom. The van der Waals surface area contributed by atoms with Gasteiger partial charge in [0.15, 0.2) is 6.29 Å². The lowest BCUT2D eigenvalue weighted by Crippen LogP contribution is -2.26. The molecule has 0 aliphatic rings. The molecule has 2 N–H and O–H groups in total. The molecule has 176 valence electrons. The maximum absolute atomic E-state index is 9.24. The fraction of sp³-hybridized carbons (Fsp3) is 1.00. The highest BCUT2D eigenvalue weighted by Crippen LogP contribution is 2.22. The molecule has 0 aromatic heterocycles. The second-order valence-electron chi connectivity index (χ2n) is 9.96. The third-order valence-electron chi connectivity index (χ3n) is 5.85. The molecule has 0 fully saturated rings. The molecule has 0 saturated heterocycles. The largest absolute Gasteiger partial charge is 0.391 e. The van der Waals surface area contributed by atoms with Gasteiger partial charge in [-0.2, -0.15) is 0 Å². The quantitative estimate of drug-likeness (QED) is 0.233. The van der Waals surface area contributed by atoms with Crippen LogP contribution in [0.25, 0.3) is 0 Å². The van der Waals surface area contributed by atoms with Crippen molar-refractivity contribution >= 4 is 0 Å². The van der Waals surface area contributed by atoms with Gasteiger partial charge in [-0.1, -0.05) is 92.4 Å². The zero-order valence-corrected chi connectivity index (χ0v) is 20.4. The van der Waals surface area contributed by atoms with Crippen molar-refractivity contribution < 1.29 is 19.7 Å². The fourth-order valence-corrected chi connectivity index (χ4v) is 3.74. The zero-order valence-electron chi connectivity index (χ0n) is 20.4. The summed E-state index contributed by atoms with van der Waals surface area (Å²) in [6, 6.07) is 0. The molecule has 4 nitrogen and oxygen atoms in total. The molecular weight excluding hydrogens is 364 g/mol. The Bertz CT molecular complexity index is 346. The Labute approximate surface area is 181 Å². The van der Waals surface area contributed by atoms with Crippen LogP contribution in [0.15, 0.2) is 0 Å². The van der Waals surface area contributed by atoms with Gasteiger partial charge < -0.3 is 19.7 Å². The highest BCUT2D eigenvalue weighted by molar-refractivity contribution is 4.61. The van der Waals surface area contributed by atoms with Crippen molar-refractivity contribution in [1.82, 2.24) is 0 Å². The van der Waals surface area contributed by atoms with Crippen LogP contribution in [-0.4, -0.2) is 42.4 Å². The van der Waals surface area contributed by atoms with Crippen LogP contribution in [0.4, 0.5) is 0 Å². The van der Waals surface area contributed by atoms with Gasteiger partial charge in [0.2, 0.25) is 0 Å². The summed E-state index contributed by atoms with van der Waals surface area (Å²) in [5.74, 6) is 3.18. The van der Waals surface area contributed by atoms with Gasteiger partial charge in [0.25, 0.3) is 0 Å². The van der Waals surface area contributed by atoms with Crippen LogP contribution in [0.5, 0.6) is 0 Å². The van der Waals surface area contributed by atoms with Gasteiger partial charge in [0.05, 0.1) is 25.9 Å². The Morgan fingerprint density at radius 2 is 1.07 bits per heavy atom. The number of aliphatic hydroxyl groups excluding tert-OH is 2. The van der Waals surface area contributed by atoms with Gasteiger partial charge in [-0.25, -0.2) is 0 Å². The van der Waals surface area contributed by atoms with Gasteiger partial charge in [-0.3, -0.25) is 0 Å². The Kier molecular flexibility index (Phi) is 18.5. The van der Waals surface area contributed by atoms with Gasteiger partial charge in [-0.15, -0.1) is 0 Å². The van der Waals surface area contributed by atoms with E-state index in [2.05, 4.69) is 34.6 Å². The molecule has 0 amide bonds. The lowest BCUT2D eigenvalue weighted by atomic mass is 9.91. The molecule has 29 heavy (non-hydrogen) atoms. The van der Waals surface area contributed by atoms with Crippen molar-refractivity contribution in [2.45, 2.75) is 118 Å². The molecule has 4 heteroatoms. The standard InChI is InChI=1S/C25H52O4/c1-20(2)10-7-11-21(3)12-8-13-22(4)14-9-15-23(5)16-17-28-25(18-26)29-19-24(6)27/h20-27H,7-19H2,1-6H3/t21?,22?,23?,24-,25+/m0/s1. The van der Waals surface area contributed by atoms with Crippen LogP contribution in [0.1, 0.15) is 106 Å². The van der Waals surface area contributed by atoms with E-state index in [1.165, 1.54) is 57.8 Å². The zero-order chi connectivity index (χ0) is 22.1. The van der Waals surface area contributed by atoms with E-state index in [0.29, 0.717) is 12.5 Å². The molecule has 5 atom stereocenters.